The van der Waals surface area contributed by atoms with Crippen LogP contribution in [0.15, 0.2) is 30.3 Å². The van der Waals surface area contributed by atoms with Gasteiger partial charge in [-0.2, -0.15) is 0 Å². The third-order valence-corrected chi connectivity index (χ3v) is 5.28. The number of amides is 1. The summed E-state index contributed by atoms with van der Waals surface area (Å²) in [4.78, 5) is 37.3. The first-order valence-corrected chi connectivity index (χ1v) is 9.52. The van der Waals surface area contributed by atoms with Crippen molar-refractivity contribution < 1.29 is 23.5 Å². The Kier molecular flexibility index (Phi) is 5.65. The minimum absolute atomic E-state index is 0.114. The molecule has 0 bridgehead atoms. The molecule has 0 aliphatic carbocycles. The molecule has 1 aromatic heterocycles. The highest BCUT2D eigenvalue weighted by Gasteiger charge is 2.24. The molecular formula is C19H19FN2O4S. The number of rotatable bonds is 6. The number of aromatic nitrogens is 1. The summed E-state index contributed by atoms with van der Waals surface area (Å²) in [5.41, 5.74) is 2.00. The molecule has 142 valence electrons. The van der Waals surface area contributed by atoms with E-state index in [9.17, 15) is 18.8 Å². The van der Waals surface area contributed by atoms with E-state index in [-0.39, 0.29) is 18.2 Å². The SMILES string of the molecule is Cc1cc(C(=O)COC(=O)CN2CSCC2=O)c(C)n1-c1ccccc1F. The van der Waals surface area contributed by atoms with E-state index in [4.69, 9.17) is 4.74 Å². The van der Waals surface area contributed by atoms with Gasteiger partial charge in [0.15, 0.2) is 6.61 Å². The first-order valence-electron chi connectivity index (χ1n) is 8.36. The number of benzene rings is 1. The second-order valence-electron chi connectivity index (χ2n) is 6.22. The number of hydrogen-bond donors (Lipinski definition) is 0. The number of ketones is 1. The number of hydrogen-bond acceptors (Lipinski definition) is 5. The van der Waals surface area contributed by atoms with E-state index in [1.165, 1.54) is 22.7 Å². The molecule has 8 heteroatoms. The van der Waals surface area contributed by atoms with Crippen molar-refractivity contribution in [2.45, 2.75) is 13.8 Å². The predicted molar refractivity (Wildman–Crippen MR) is 99.5 cm³/mol. The second-order valence-corrected chi connectivity index (χ2v) is 7.18. The first kappa shape index (κ1) is 19.2. The molecular weight excluding hydrogens is 371 g/mol. The van der Waals surface area contributed by atoms with Gasteiger partial charge in [-0.25, -0.2) is 4.39 Å². The molecule has 1 amide bonds. The topological polar surface area (TPSA) is 68.6 Å². The van der Waals surface area contributed by atoms with E-state index >= 15 is 0 Å². The molecule has 6 nitrogen and oxygen atoms in total. The molecule has 3 rings (SSSR count). The molecule has 0 radical (unpaired) electrons. The third kappa shape index (κ3) is 4.05. The zero-order chi connectivity index (χ0) is 19.6. The summed E-state index contributed by atoms with van der Waals surface area (Å²) in [5, 5.41) is 0. The van der Waals surface area contributed by atoms with Crippen LogP contribution in [0.5, 0.6) is 0 Å². The summed E-state index contributed by atoms with van der Waals surface area (Å²) in [5.74, 6) is -0.697. The summed E-state index contributed by atoms with van der Waals surface area (Å²) < 4.78 is 20.8. The number of esters is 1. The van der Waals surface area contributed by atoms with Crippen LogP contribution in [0.1, 0.15) is 21.7 Å². The predicted octanol–water partition coefficient (Wildman–Crippen LogP) is 2.49. The first-order chi connectivity index (χ1) is 12.9. The molecule has 1 aliphatic heterocycles. The molecule has 1 aromatic carbocycles. The van der Waals surface area contributed by atoms with E-state index in [1.54, 1.807) is 42.7 Å². The minimum atomic E-state index is -0.623. The van der Waals surface area contributed by atoms with Crippen molar-refractivity contribution in [3.8, 4) is 5.69 Å². The van der Waals surface area contributed by atoms with Gasteiger partial charge in [-0.05, 0) is 32.0 Å². The number of Topliss-reactive ketones (excluding diaryl/α,β-unsaturated/α-hetero) is 1. The lowest BCUT2D eigenvalue weighted by Crippen LogP contribution is -2.33. The van der Waals surface area contributed by atoms with Gasteiger partial charge in [0.2, 0.25) is 11.7 Å². The standard InChI is InChI=1S/C19H19FN2O4S/c1-12-7-14(13(2)22(12)16-6-4-3-5-15(16)20)17(23)9-26-19(25)8-21-11-27-10-18(21)24/h3-7H,8-11H2,1-2H3. The van der Waals surface area contributed by atoms with Crippen molar-refractivity contribution >= 4 is 29.4 Å². The quantitative estimate of drug-likeness (QED) is 0.560. The van der Waals surface area contributed by atoms with E-state index in [0.29, 0.717) is 34.3 Å². The van der Waals surface area contributed by atoms with Crippen LogP contribution < -0.4 is 0 Å². The number of carbonyl (C=O) groups excluding carboxylic acids is 3. The molecule has 0 atom stereocenters. The van der Waals surface area contributed by atoms with Gasteiger partial charge >= 0.3 is 5.97 Å². The Morgan fingerprint density at radius 1 is 1.26 bits per heavy atom. The Balaban J connectivity index is 1.69. The smallest absolute Gasteiger partial charge is 0.326 e. The molecule has 1 saturated heterocycles. The van der Waals surface area contributed by atoms with Crippen LogP contribution in [0, 0.1) is 19.7 Å². The fourth-order valence-electron chi connectivity index (χ4n) is 3.01. The molecule has 2 heterocycles. The maximum Gasteiger partial charge on any atom is 0.326 e. The Labute approximate surface area is 160 Å². The zero-order valence-corrected chi connectivity index (χ0v) is 15.8. The lowest BCUT2D eigenvalue weighted by Gasteiger charge is -2.13. The summed E-state index contributed by atoms with van der Waals surface area (Å²) >= 11 is 1.43. The number of halogens is 1. The van der Waals surface area contributed by atoms with E-state index < -0.39 is 18.4 Å². The number of carbonyl (C=O) groups is 3. The van der Waals surface area contributed by atoms with Crippen LogP contribution >= 0.6 is 11.8 Å². The van der Waals surface area contributed by atoms with Crippen LogP contribution in [0.4, 0.5) is 4.39 Å². The molecule has 1 aliphatic rings. The van der Waals surface area contributed by atoms with Gasteiger partial charge in [0, 0.05) is 17.0 Å². The lowest BCUT2D eigenvalue weighted by molar-refractivity contribution is -0.146. The maximum atomic E-state index is 14.1. The van der Waals surface area contributed by atoms with Crippen LogP contribution in [0.2, 0.25) is 0 Å². The molecule has 1 fully saturated rings. The average molecular weight is 390 g/mol. The number of thioether (sulfide) groups is 1. The third-order valence-electron chi connectivity index (χ3n) is 4.33. The van der Waals surface area contributed by atoms with Crippen molar-refractivity contribution in [3.63, 3.8) is 0 Å². The van der Waals surface area contributed by atoms with Gasteiger partial charge in [0.25, 0.3) is 0 Å². The average Bonchev–Trinajstić information content (AvgIpc) is 3.16. The van der Waals surface area contributed by atoms with Gasteiger partial charge in [0.05, 0.1) is 17.3 Å². The number of nitrogens with zero attached hydrogens (tertiary/aromatic N) is 2. The highest BCUT2D eigenvalue weighted by molar-refractivity contribution is 8.00. The van der Waals surface area contributed by atoms with Crippen LogP contribution in [-0.2, 0) is 14.3 Å². The molecule has 0 unspecified atom stereocenters. The number of ether oxygens (including phenoxy) is 1. The molecule has 0 spiro atoms. The Bertz CT molecular complexity index is 909. The summed E-state index contributed by atoms with van der Waals surface area (Å²) in [6, 6.07) is 7.96. The summed E-state index contributed by atoms with van der Waals surface area (Å²) in [7, 11) is 0. The molecule has 0 N–H and O–H groups in total. The van der Waals surface area contributed by atoms with Crippen molar-refractivity contribution in [1.29, 1.82) is 0 Å². The van der Waals surface area contributed by atoms with Gasteiger partial charge in [0.1, 0.15) is 12.4 Å². The van der Waals surface area contributed by atoms with Crippen LogP contribution in [-0.4, -0.2) is 51.9 Å². The fraction of sp³-hybridized carbons (Fsp3) is 0.316. The highest BCUT2D eigenvalue weighted by atomic mass is 32.2. The monoisotopic (exact) mass is 390 g/mol. The highest BCUT2D eigenvalue weighted by Crippen LogP contribution is 2.23. The van der Waals surface area contributed by atoms with Crippen molar-refractivity contribution in [1.82, 2.24) is 9.47 Å². The van der Waals surface area contributed by atoms with Crippen molar-refractivity contribution in [2.24, 2.45) is 0 Å². The molecule has 0 saturated carbocycles. The van der Waals surface area contributed by atoms with Crippen molar-refractivity contribution in [2.75, 3.05) is 24.8 Å². The van der Waals surface area contributed by atoms with Gasteiger partial charge in [-0.1, -0.05) is 12.1 Å². The fourth-order valence-corrected chi connectivity index (χ4v) is 3.92. The van der Waals surface area contributed by atoms with E-state index in [0.717, 1.165) is 0 Å². The van der Waals surface area contributed by atoms with E-state index in [2.05, 4.69) is 0 Å². The summed E-state index contributed by atoms with van der Waals surface area (Å²) in [6.07, 6.45) is 0. The normalized spacial score (nSPS) is 13.9. The zero-order valence-electron chi connectivity index (χ0n) is 15.0. The van der Waals surface area contributed by atoms with Gasteiger partial charge < -0.3 is 14.2 Å². The Hall–Kier alpha value is -2.61. The van der Waals surface area contributed by atoms with Crippen LogP contribution in [0.3, 0.4) is 0 Å². The minimum Gasteiger partial charge on any atom is -0.456 e. The van der Waals surface area contributed by atoms with Gasteiger partial charge in [-0.15, -0.1) is 11.8 Å². The van der Waals surface area contributed by atoms with Crippen molar-refractivity contribution in [3.05, 3.63) is 53.1 Å². The second kappa shape index (κ2) is 7.96. The van der Waals surface area contributed by atoms with E-state index in [1.807, 2.05) is 0 Å². The molecule has 2 aromatic rings. The largest absolute Gasteiger partial charge is 0.456 e. The summed E-state index contributed by atoms with van der Waals surface area (Å²) in [6.45, 7) is 2.91. The van der Waals surface area contributed by atoms with Crippen LogP contribution in [0.25, 0.3) is 5.69 Å². The maximum absolute atomic E-state index is 14.1. The molecule has 27 heavy (non-hydrogen) atoms. The lowest BCUT2D eigenvalue weighted by atomic mass is 10.1. The Morgan fingerprint density at radius 2 is 2.00 bits per heavy atom. The number of aryl methyl sites for hydroxylation is 1. The number of para-hydroxylation sites is 1. The van der Waals surface area contributed by atoms with Gasteiger partial charge in [-0.3, -0.25) is 14.4 Å². The Morgan fingerprint density at radius 3 is 2.67 bits per heavy atom.